The van der Waals surface area contributed by atoms with E-state index in [-0.39, 0.29) is 13.0 Å². The Labute approximate surface area is 207 Å². The number of hydrogen-bond donors (Lipinski definition) is 7. The molecule has 10 atom stereocenters. The van der Waals surface area contributed by atoms with Crippen molar-refractivity contribution in [3.63, 3.8) is 0 Å². The molecule has 0 spiro atoms. The van der Waals surface area contributed by atoms with Crippen LogP contribution in [-0.2, 0) is 20.8 Å². The summed E-state index contributed by atoms with van der Waals surface area (Å²) in [7, 11) is 3.30. The van der Waals surface area contributed by atoms with Crippen molar-refractivity contribution >= 4 is 0 Å². The molecule has 10 nitrogen and oxygen atoms in total. The summed E-state index contributed by atoms with van der Waals surface area (Å²) < 4.78 is 18.0. The number of aliphatic hydroxyl groups is 4. The molecule has 4 rings (SSSR count). The summed E-state index contributed by atoms with van der Waals surface area (Å²) in [5.41, 5.74) is 0.558. The van der Waals surface area contributed by atoms with Gasteiger partial charge in [0.05, 0.1) is 24.3 Å². The quantitative estimate of drug-likeness (QED) is 0.255. The lowest BCUT2D eigenvalue weighted by Crippen LogP contribution is -2.81. The fourth-order valence-electron chi connectivity index (χ4n) is 5.66. The maximum absolute atomic E-state index is 11.7. The van der Waals surface area contributed by atoms with Gasteiger partial charge in [-0.2, -0.15) is 0 Å². The van der Waals surface area contributed by atoms with Crippen LogP contribution >= 0.6 is 0 Å². The van der Waals surface area contributed by atoms with Gasteiger partial charge in [-0.25, -0.2) is 0 Å². The van der Waals surface area contributed by atoms with E-state index in [1.54, 1.807) is 21.0 Å². The van der Waals surface area contributed by atoms with Gasteiger partial charge in [-0.3, -0.25) is 0 Å². The number of ether oxygens (including phenoxy) is 3. The van der Waals surface area contributed by atoms with Crippen LogP contribution in [0.15, 0.2) is 24.3 Å². The highest BCUT2D eigenvalue weighted by Gasteiger charge is 2.68. The van der Waals surface area contributed by atoms with Crippen LogP contribution in [0.25, 0.3) is 0 Å². The van der Waals surface area contributed by atoms with Crippen molar-refractivity contribution in [1.82, 2.24) is 16.0 Å². The Morgan fingerprint density at radius 1 is 0.971 bits per heavy atom. The summed E-state index contributed by atoms with van der Waals surface area (Å²) in [5.74, 6) is -1.77. The van der Waals surface area contributed by atoms with Crippen molar-refractivity contribution in [3.05, 3.63) is 35.4 Å². The number of likely N-dealkylation sites (N-methyl/N-ethyl adjacent to an activating group) is 2. The number of rotatable bonds is 7. The minimum absolute atomic E-state index is 0.0227. The fraction of sp³-hybridized carbons (Fsp3) is 0.760. The van der Waals surface area contributed by atoms with Crippen LogP contribution in [0.1, 0.15) is 44.2 Å². The monoisotopic (exact) mass is 495 g/mol. The molecule has 0 aromatic heterocycles. The van der Waals surface area contributed by atoms with Gasteiger partial charge in [0.15, 0.2) is 0 Å². The maximum Gasteiger partial charge on any atom is 0.249 e. The third kappa shape index (κ3) is 4.77. The lowest BCUT2D eigenvalue weighted by Gasteiger charge is -2.60. The van der Waals surface area contributed by atoms with Crippen molar-refractivity contribution < 1.29 is 34.6 Å². The number of hydrogen-bond acceptors (Lipinski definition) is 10. The fourth-order valence-corrected chi connectivity index (χ4v) is 5.66. The molecule has 3 fully saturated rings. The number of fused-ring (bicyclic) bond motifs is 2. The molecule has 35 heavy (non-hydrogen) atoms. The summed E-state index contributed by atoms with van der Waals surface area (Å²) >= 11 is 0. The molecule has 3 aliphatic rings. The maximum atomic E-state index is 11.7. The highest BCUT2D eigenvalue weighted by atomic mass is 16.8. The molecule has 1 aliphatic carbocycles. The van der Waals surface area contributed by atoms with Crippen molar-refractivity contribution in [3.8, 4) is 0 Å². The Morgan fingerprint density at radius 2 is 1.63 bits per heavy atom. The topological polar surface area (TPSA) is 145 Å². The van der Waals surface area contributed by atoms with Crippen molar-refractivity contribution in [1.29, 1.82) is 0 Å². The first-order chi connectivity index (χ1) is 16.5. The summed E-state index contributed by atoms with van der Waals surface area (Å²) in [6.07, 6.45) is -5.59. The zero-order valence-electron chi connectivity index (χ0n) is 21.1. The lowest BCUT2D eigenvalue weighted by molar-refractivity contribution is -0.482. The van der Waals surface area contributed by atoms with Crippen LogP contribution in [0.4, 0.5) is 0 Å². The molecule has 0 bridgehead atoms. The molecule has 0 amide bonds. The minimum Gasteiger partial charge on any atom is -0.390 e. The van der Waals surface area contributed by atoms with E-state index in [1.807, 2.05) is 12.1 Å². The van der Waals surface area contributed by atoms with Crippen molar-refractivity contribution in [2.45, 2.75) is 99.9 Å². The molecule has 2 heterocycles. The van der Waals surface area contributed by atoms with Gasteiger partial charge in [0, 0.05) is 19.5 Å². The third-order valence-electron chi connectivity index (χ3n) is 7.74. The van der Waals surface area contributed by atoms with Gasteiger partial charge in [0.1, 0.15) is 23.9 Å². The molecule has 1 aromatic rings. The van der Waals surface area contributed by atoms with Crippen molar-refractivity contribution in [2.24, 2.45) is 0 Å². The predicted octanol–water partition coefficient (Wildman–Crippen LogP) is -0.850. The average Bonchev–Trinajstić information content (AvgIpc) is 2.80. The van der Waals surface area contributed by atoms with Gasteiger partial charge in [0.2, 0.25) is 12.1 Å². The average molecular weight is 496 g/mol. The van der Waals surface area contributed by atoms with Gasteiger partial charge in [0.25, 0.3) is 0 Å². The summed E-state index contributed by atoms with van der Waals surface area (Å²) in [6.45, 7) is 6.59. The normalized spacial score (nSPS) is 43.6. The standard InChI is InChI=1S/C25H41N3O7/c1-13(2)16-8-6-15(7-9-16)11-28-12-24(31)10-14(3)33-23-25(24,32)35-21-18(27-5)19(29)17(26-4)20(30)22(21)34-23/h6-9,13-14,17-23,26-32H,10-12H2,1-5H3/t14-,17-,18+,19+,20+,21-,22-,23+,24-,25-/m1/s1. The van der Waals surface area contributed by atoms with E-state index in [1.165, 1.54) is 5.56 Å². The molecule has 10 heteroatoms. The van der Waals surface area contributed by atoms with E-state index in [9.17, 15) is 20.4 Å². The van der Waals surface area contributed by atoms with E-state index in [2.05, 4.69) is 41.9 Å². The molecule has 1 aromatic carbocycles. The molecule has 2 aliphatic heterocycles. The van der Waals surface area contributed by atoms with Gasteiger partial charge < -0.3 is 50.6 Å². The van der Waals surface area contributed by atoms with Crippen LogP contribution in [0.5, 0.6) is 0 Å². The molecule has 198 valence electrons. The first-order valence-corrected chi connectivity index (χ1v) is 12.5. The van der Waals surface area contributed by atoms with Gasteiger partial charge >= 0.3 is 0 Å². The Morgan fingerprint density at radius 3 is 2.23 bits per heavy atom. The summed E-state index contributed by atoms with van der Waals surface area (Å²) in [5, 5.41) is 54.3. The van der Waals surface area contributed by atoms with Crippen LogP contribution < -0.4 is 16.0 Å². The number of aliphatic hydroxyl groups excluding tert-OH is 2. The largest absolute Gasteiger partial charge is 0.390 e. The van der Waals surface area contributed by atoms with Gasteiger partial charge in [-0.1, -0.05) is 38.1 Å². The first kappa shape index (κ1) is 26.9. The third-order valence-corrected chi connectivity index (χ3v) is 7.74. The second-order valence-corrected chi connectivity index (χ2v) is 10.5. The van der Waals surface area contributed by atoms with E-state index >= 15 is 0 Å². The lowest BCUT2D eigenvalue weighted by atomic mass is 9.77. The van der Waals surface area contributed by atoms with Crippen LogP contribution in [-0.4, -0.2) is 101 Å². The van der Waals surface area contributed by atoms with E-state index < -0.39 is 60.3 Å². The SMILES string of the molecule is CN[C@@H]1[C@H](O)[C@H](NC)[C@H]2O[C@]3(O)[C@H](O[C@@H]2[C@H]1O)O[C@H](C)C[C@@]3(O)CNCc1ccc(C(C)C)cc1. The van der Waals surface area contributed by atoms with Crippen LogP contribution in [0, 0.1) is 0 Å². The Balaban J connectivity index is 1.53. The zero-order chi connectivity index (χ0) is 25.5. The molecule has 0 unspecified atom stereocenters. The number of benzene rings is 1. The molecule has 7 N–H and O–H groups in total. The Hall–Kier alpha value is -1.18. The minimum atomic E-state index is -2.21. The molecule has 0 radical (unpaired) electrons. The molecular formula is C25H41N3O7. The molecular weight excluding hydrogens is 454 g/mol. The highest BCUT2D eigenvalue weighted by molar-refractivity contribution is 5.24. The van der Waals surface area contributed by atoms with E-state index in [0.717, 1.165) is 5.56 Å². The smallest absolute Gasteiger partial charge is 0.249 e. The highest BCUT2D eigenvalue weighted by Crippen LogP contribution is 2.46. The summed E-state index contributed by atoms with van der Waals surface area (Å²) in [4.78, 5) is 0. The second-order valence-electron chi connectivity index (χ2n) is 10.5. The van der Waals surface area contributed by atoms with Gasteiger partial charge in [-0.05, 0) is 38.1 Å². The van der Waals surface area contributed by atoms with E-state index in [0.29, 0.717) is 12.5 Å². The molecule has 1 saturated carbocycles. The van der Waals surface area contributed by atoms with Crippen LogP contribution in [0.3, 0.4) is 0 Å². The van der Waals surface area contributed by atoms with E-state index in [4.69, 9.17) is 14.2 Å². The van der Waals surface area contributed by atoms with Gasteiger partial charge in [-0.15, -0.1) is 0 Å². The first-order valence-electron chi connectivity index (χ1n) is 12.5. The van der Waals surface area contributed by atoms with Crippen molar-refractivity contribution in [2.75, 3.05) is 20.6 Å². The summed E-state index contributed by atoms with van der Waals surface area (Å²) in [6, 6.07) is 6.92. The van der Waals surface area contributed by atoms with Crippen LogP contribution in [0.2, 0.25) is 0 Å². The second kappa shape index (κ2) is 10.3. The number of nitrogens with one attached hydrogen (secondary N) is 3. The Kier molecular flexibility index (Phi) is 7.90. The predicted molar refractivity (Wildman–Crippen MR) is 129 cm³/mol. The Bertz CT molecular complexity index is 858. The zero-order valence-corrected chi connectivity index (χ0v) is 21.1. The molecule has 2 saturated heterocycles.